The first kappa shape index (κ1) is 15.7. The standard InChI is InChI=1S/C13H13ClN2O4S/c1-2-18-12(17)11-15-16-13(20-11)21-7-6-19-10-5-3-4-9(14)8-10/h3-5,8H,2,6-7H2,1H3. The van der Waals surface area contributed by atoms with Crippen LogP contribution in [0.15, 0.2) is 33.9 Å². The summed E-state index contributed by atoms with van der Waals surface area (Å²) in [5, 5.41) is 8.28. The van der Waals surface area contributed by atoms with Crippen molar-refractivity contribution in [3.8, 4) is 5.75 Å². The van der Waals surface area contributed by atoms with Crippen LogP contribution < -0.4 is 4.74 Å². The van der Waals surface area contributed by atoms with Crippen molar-refractivity contribution in [1.82, 2.24) is 10.2 Å². The maximum absolute atomic E-state index is 11.3. The number of esters is 1. The minimum absolute atomic E-state index is 0.143. The molecule has 2 rings (SSSR count). The summed E-state index contributed by atoms with van der Waals surface area (Å²) in [4.78, 5) is 11.3. The average Bonchev–Trinajstić information content (AvgIpc) is 2.93. The number of carbonyl (C=O) groups excluding carboxylic acids is 1. The minimum Gasteiger partial charge on any atom is -0.493 e. The van der Waals surface area contributed by atoms with Gasteiger partial charge in [0.2, 0.25) is 0 Å². The van der Waals surface area contributed by atoms with E-state index in [4.69, 9.17) is 25.5 Å². The normalized spacial score (nSPS) is 10.4. The number of hydrogen-bond donors (Lipinski definition) is 0. The molecule has 0 amide bonds. The molecule has 0 fully saturated rings. The Labute approximate surface area is 130 Å². The summed E-state index contributed by atoms with van der Waals surface area (Å²) in [7, 11) is 0. The Bertz CT molecular complexity index is 605. The Morgan fingerprint density at radius 1 is 1.43 bits per heavy atom. The molecule has 0 atom stereocenters. The predicted molar refractivity (Wildman–Crippen MR) is 77.9 cm³/mol. The first-order chi connectivity index (χ1) is 10.2. The van der Waals surface area contributed by atoms with Crippen LogP contribution in [0.25, 0.3) is 0 Å². The molecule has 0 aliphatic rings. The zero-order chi connectivity index (χ0) is 15.1. The zero-order valence-corrected chi connectivity index (χ0v) is 12.8. The van der Waals surface area contributed by atoms with E-state index in [9.17, 15) is 4.79 Å². The molecule has 0 aliphatic heterocycles. The Balaban J connectivity index is 1.75. The Kier molecular flexibility index (Phi) is 5.89. The predicted octanol–water partition coefficient (Wildman–Crippen LogP) is 3.07. The monoisotopic (exact) mass is 328 g/mol. The molecular formula is C13H13ClN2O4S. The van der Waals surface area contributed by atoms with Crippen molar-refractivity contribution in [3.63, 3.8) is 0 Å². The fourth-order valence-corrected chi connectivity index (χ4v) is 2.15. The van der Waals surface area contributed by atoms with Gasteiger partial charge < -0.3 is 13.9 Å². The van der Waals surface area contributed by atoms with Crippen LogP contribution in [0.3, 0.4) is 0 Å². The molecule has 0 saturated heterocycles. The number of halogens is 1. The van der Waals surface area contributed by atoms with Gasteiger partial charge in [0.1, 0.15) is 5.75 Å². The zero-order valence-electron chi connectivity index (χ0n) is 11.2. The third kappa shape index (κ3) is 4.95. The van der Waals surface area contributed by atoms with Crippen molar-refractivity contribution in [2.24, 2.45) is 0 Å². The lowest BCUT2D eigenvalue weighted by molar-refractivity contribution is 0.0475. The fourth-order valence-electron chi connectivity index (χ4n) is 1.39. The number of nitrogens with zero attached hydrogens (tertiary/aromatic N) is 2. The molecule has 1 aromatic heterocycles. The van der Waals surface area contributed by atoms with Gasteiger partial charge >= 0.3 is 11.9 Å². The van der Waals surface area contributed by atoms with E-state index in [1.54, 1.807) is 19.1 Å². The summed E-state index contributed by atoms with van der Waals surface area (Å²) in [6.07, 6.45) is 0. The van der Waals surface area contributed by atoms with Crippen molar-refractivity contribution in [2.75, 3.05) is 19.0 Å². The lowest BCUT2D eigenvalue weighted by atomic mass is 10.3. The molecule has 0 bridgehead atoms. The lowest BCUT2D eigenvalue weighted by Gasteiger charge is -2.04. The molecule has 0 N–H and O–H groups in total. The number of carbonyl (C=O) groups is 1. The van der Waals surface area contributed by atoms with Gasteiger partial charge in [0.25, 0.3) is 5.22 Å². The summed E-state index contributed by atoms with van der Waals surface area (Å²) in [5.41, 5.74) is 0. The van der Waals surface area contributed by atoms with E-state index in [-0.39, 0.29) is 12.5 Å². The molecule has 6 nitrogen and oxygen atoms in total. The van der Waals surface area contributed by atoms with E-state index in [1.807, 2.05) is 12.1 Å². The fraction of sp³-hybridized carbons (Fsp3) is 0.308. The van der Waals surface area contributed by atoms with Crippen LogP contribution in [0.5, 0.6) is 5.75 Å². The van der Waals surface area contributed by atoms with Crippen molar-refractivity contribution < 1.29 is 18.7 Å². The van der Waals surface area contributed by atoms with Crippen LogP contribution in [0, 0.1) is 0 Å². The molecule has 0 spiro atoms. The number of benzene rings is 1. The molecule has 21 heavy (non-hydrogen) atoms. The Hall–Kier alpha value is -1.73. The van der Waals surface area contributed by atoms with Crippen LogP contribution >= 0.6 is 23.4 Å². The number of rotatable bonds is 7. The Morgan fingerprint density at radius 3 is 3.05 bits per heavy atom. The van der Waals surface area contributed by atoms with Gasteiger partial charge in [-0.05, 0) is 25.1 Å². The van der Waals surface area contributed by atoms with E-state index in [1.165, 1.54) is 11.8 Å². The highest BCUT2D eigenvalue weighted by atomic mass is 35.5. The van der Waals surface area contributed by atoms with Crippen molar-refractivity contribution in [2.45, 2.75) is 12.1 Å². The number of thioether (sulfide) groups is 1. The molecule has 2 aromatic rings. The summed E-state index contributed by atoms with van der Waals surface area (Å²) in [5.74, 6) is 0.528. The van der Waals surface area contributed by atoms with Gasteiger partial charge in [-0.25, -0.2) is 4.79 Å². The molecule has 0 saturated carbocycles. The third-order valence-corrected chi connectivity index (χ3v) is 3.25. The van der Waals surface area contributed by atoms with Crippen molar-refractivity contribution in [1.29, 1.82) is 0 Å². The molecule has 112 valence electrons. The van der Waals surface area contributed by atoms with Gasteiger partial charge in [0.05, 0.1) is 13.2 Å². The maximum Gasteiger partial charge on any atom is 0.396 e. The molecular weight excluding hydrogens is 316 g/mol. The first-order valence-corrected chi connectivity index (χ1v) is 7.57. The van der Waals surface area contributed by atoms with Gasteiger partial charge in [0, 0.05) is 10.8 Å². The van der Waals surface area contributed by atoms with E-state index in [2.05, 4.69) is 10.2 Å². The molecule has 0 unspecified atom stereocenters. The van der Waals surface area contributed by atoms with E-state index >= 15 is 0 Å². The van der Waals surface area contributed by atoms with Crippen LogP contribution in [0.1, 0.15) is 17.6 Å². The molecule has 1 heterocycles. The summed E-state index contributed by atoms with van der Waals surface area (Å²) < 4.78 is 15.4. The molecule has 1 aromatic carbocycles. The second-order valence-electron chi connectivity index (χ2n) is 3.75. The summed E-state index contributed by atoms with van der Waals surface area (Å²) in [6.45, 7) is 2.41. The SMILES string of the molecule is CCOC(=O)c1nnc(SCCOc2cccc(Cl)c2)o1. The van der Waals surface area contributed by atoms with E-state index < -0.39 is 5.97 Å². The van der Waals surface area contributed by atoms with Crippen LogP contribution in [0.2, 0.25) is 5.02 Å². The minimum atomic E-state index is -0.618. The third-order valence-electron chi connectivity index (χ3n) is 2.23. The van der Waals surface area contributed by atoms with Crippen LogP contribution in [-0.2, 0) is 4.74 Å². The molecule has 0 radical (unpaired) electrons. The number of ether oxygens (including phenoxy) is 2. The summed E-state index contributed by atoms with van der Waals surface area (Å²) in [6, 6.07) is 7.15. The van der Waals surface area contributed by atoms with Gasteiger partial charge in [-0.2, -0.15) is 0 Å². The second-order valence-corrected chi connectivity index (χ2v) is 5.23. The second kappa shape index (κ2) is 7.90. The molecule has 0 aliphatic carbocycles. The average molecular weight is 329 g/mol. The Morgan fingerprint density at radius 2 is 2.29 bits per heavy atom. The van der Waals surface area contributed by atoms with Crippen LogP contribution in [-0.4, -0.2) is 35.1 Å². The van der Waals surface area contributed by atoms with Crippen LogP contribution in [0.4, 0.5) is 0 Å². The number of aromatic nitrogens is 2. The van der Waals surface area contributed by atoms with Gasteiger partial charge in [0.15, 0.2) is 0 Å². The van der Waals surface area contributed by atoms with Gasteiger partial charge in [-0.15, -0.1) is 5.10 Å². The summed E-state index contributed by atoms with van der Waals surface area (Å²) >= 11 is 7.14. The molecule has 8 heteroatoms. The maximum atomic E-state index is 11.3. The first-order valence-electron chi connectivity index (χ1n) is 6.21. The highest BCUT2D eigenvalue weighted by Gasteiger charge is 2.15. The topological polar surface area (TPSA) is 74.5 Å². The van der Waals surface area contributed by atoms with Crippen molar-refractivity contribution >= 4 is 29.3 Å². The van der Waals surface area contributed by atoms with Gasteiger partial charge in [-0.3, -0.25) is 0 Å². The largest absolute Gasteiger partial charge is 0.493 e. The highest BCUT2D eigenvalue weighted by molar-refractivity contribution is 7.99. The van der Waals surface area contributed by atoms with Gasteiger partial charge in [-0.1, -0.05) is 34.5 Å². The van der Waals surface area contributed by atoms with Crippen molar-refractivity contribution in [3.05, 3.63) is 35.2 Å². The van der Waals surface area contributed by atoms with E-state index in [0.717, 1.165) is 0 Å². The van der Waals surface area contributed by atoms with E-state index in [0.29, 0.717) is 28.4 Å². The lowest BCUT2D eigenvalue weighted by Crippen LogP contribution is -2.04. The highest BCUT2D eigenvalue weighted by Crippen LogP contribution is 2.19. The number of hydrogen-bond acceptors (Lipinski definition) is 7. The smallest absolute Gasteiger partial charge is 0.396 e. The quantitative estimate of drug-likeness (QED) is 0.439.